The molecular formula is C14H24N4O. The van der Waals surface area contributed by atoms with Crippen LogP contribution in [0.1, 0.15) is 37.7 Å². The van der Waals surface area contributed by atoms with E-state index in [0.29, 0.717) is 18.4 Å². The maximum Gasteiger partial charge on any atom is 0.239 e. The zero-order chi connectivity index (χ0) is 14.4. The summed E-state index contributed by atoms with van der Waals surface area (Å²) < 4.78 is 0. The number of amides is 1. The molecule has 0 aliphatic heterocycles. The zero-order valence-corrected chi connectivity index (χ0v) is 12.5. The third-order valence-electron chi connectivity index (χ3n) is 2.81. The van der Waals surface area contributed by atoms with Gasteiger partial charge in [0.15, 0.2) is 0 Å². The SMILES string of the molecule is CCNC(=O)CNc1nc(C)c(CC(C)C)c(C)n1. The number of aryl methyl sites for hydroxylation is 2. The van der Waals surface area contributed by atoms with Gasteiger partial charge in [-0.15, -0.1) is 0 Å². The van der Waals surface area contributed by atoms with Crippen LogP contribution < -0.4 is 10.6 Å². The van der Waals surface area contributed by atoms with Gasteiger partial charge in [0.25, 0.3) is 0 Å². The van der Waals surface area contributed by atoms with Crippen LogP contribution in [0.25, 0.3) is 0 Å². The van der Waals surface area contributed by atoms with Crippen LogP contribution in [0.15, 0.2) is 0 Å². The Labute approximate surface area is 115 Å². The van der Waals surface area contributed by atoms with Gasteiger partial charge in [-0.3, -0.25) is 4.79 Å². The largest absolute Gasteiger partial charge is 0.355 e. The van der Waals surface area contributed by atoms with Gasteiger partial charge in [-0.25, -0.2) is 9.97 Å². The van der Waals surface area contributed by atoms with E-state index in [-0.39, 0.29) is 12.5 Å². The van der Waals surface area contributed by atoms with E-state index in [0.717, 1.165) is 17.8 Å². The summed E-state index contributed by atoms with van der Waals surface area (Å²) in [6.07, 6.45) is 0.980. The predicted molar refractivity (Wildman–Crippen MR) is 77.2 cm³/mol. The van der Waals surface area contributed by atoms with Gasteiger partial charge in [-0.05, 0) is 38.7 Å². The molecule has 1 aromatic rings. The van der Waals surface area contributed by atoms with Gasteiger partial charge in [0.2, 0.25) is 11.9 Å². The first-order chi connectivity index (χ1) is 8.93. The maximum atomic E-state index is 11.4. The van der Waals surface area contributed by atoms with Crippen LogP contribution in [0.4, 0.5) is 5.95 Å². The van der Waals surface area contributed by atoms with Crippen molar-refractivity contribution in [3.05, 3.63) is 17.0 Å². The number of hydrogen-bond donors (Lipinski definition) is 2. The quantitative estimate of drug-likeness (QED) is 0.822. The second kappa shape index (κ2) is 7.07. The average molecular weight is 264 g/mol. The molecule has 0 spiro atoms. The van der Waals surface area contributed by atoms with Crippen LogP contribution >= 0.6 is 0 Å². The van der Waals surface area contributed by atoms with Crippen LogP contribution in [-0.4, -0.2) is 29.0 Å². The fourth-order valence-corrected chi connectivity index (χ4v) is 1.94. The van der Waals surface area contributed by atoms with Crippen molar-refractivity contribution >= 4 is 11.9 Å². The molecule has 0 saturated heterocycles. The van der Waals surface area contributed by atoms with Gasteiger partial charge in [0, 0.05) is 17.9 Å². The van der Waals surface area contributed by atoms with Crippen molar-refractivity contribution < 1.29 is 4.79 Å². The second-order valence-corrected chi connectivity index (χ2v) is 5.10. The summed E-state index contributed by atoms with van der Waals surface area (Å²) in [6, 6.07) is 0. The lowest BCUT2D eigenvalue weighted by Crippen LogP contribution is -2.30. The third-order valence-corrected chi connectivity index (χ3v) is 2.81. The molecule has 0 unspecified atom stereocenters. The topological polar surface area (TPSA) is 66.9 Å². The number of anilines is 1. The van der Waals surface area contributed by atoms with Crippen LogP contribution in [0, 0.1) is 19.8 Å². The number of aromatic nitrogens is 2. The first kappa shape index (κ1) is 15.4. The Morgan fingerprint density at radius 2 is 1.79 bits per heavy atom. The lowest BCUT2D eigenvalue weighted by atomic mass is 10.0. The minimum atomic E-state index is -0.0485. The molecule has 0 bridgehead atoms. The molecule has 0 aliphatic carbocycles. The molecule has 1 aromatic heterocycles. The lowest BCUT2D eigenvalue weighted by Gasteiger charge is -2.13. The highest BCUT2D eigenvalue weighted by atomic mass is 16.1. The van der Waals surface area contributed by atoms with E-state index in [1.807, 2.05) is 20.8 Å². The van der Waals surface area contributed by atoms with Gasteiger partial charge in [-0.1, -0.05) is 13.8 Å². The molecule has 1 heterocycles. The first-order valence-electron chi connectivity index (χ1n) is 6.78. The van der Waals surface area contributed by atoms with E-state index in [1.165, 1.54) is 5.56 Å². The molecule has 0 saturated carbocycles. The summed E-state index contributed by atoms with van der Waals surface area (Å²) in [5.41, 5.74) is 3.18. The van der Waals surface area contributed by atoms with Crippen molar-refractivity contribution in [3.63, 3.8) is 0 Å². The Hall–Kier alpha value is -1.65. The number of nitrogens with zero attached hydrogens (tertiary/aromatic N) is 2. The Morgan fingerprint density at radius 1 is 1.21 bits per heavy atom. The molecule has 106 valence electrons. The molecule has 0 radical (unpaired) electrons. The number of hydrogen-bond acceptors (Lipinski definition) is 4. The molecule has 5 nitrogen and oxygen atoms in total. The molecule has 1 rings (SSSR count). The fraction of sp³-hybridized carbons (Fsp3) is 0.643. The molecule has 19 heavy (non-hydrogen) atoms. The van der Waals surface area contributed by atoms with Crippen molar-refractivity contribution in [2.45, 2.75) is 41.0 Å². The number of rotatable bonds is 6. The molecular weight excluding hydrogens is 240 g/mol. The summed E-state index contributed by atoms with van der Waals surface area (Å²) in [5, 5.41) is 5.68. The lowest BCUT2D eigenvalue weighted by molar-refractivity contribution is -0.119. The number of carbonyl (C=O) groups excluding carboxylic acids is 1. The standard InChI is InChI=1S/C14H24N4O/c1-6-15-13(19)8-16-14-17-10(4)12(7-9(2)3)11(5)18-14/h9H,6-8H2,1-5H3,(H,15,19)(H,16,17,18). The average Bonchev–Trinajstić information content (AvgIpc) is 2.31. The molecule has 0 aromatic carbocycles. The number of carbonyl (C=O) groups is 1. The highest BCUT2D eigenvalue weighted by Crippen LogP contribution is 2.16. The summed E-state index contributed by atoms with van der Waals surface area (Å²) in [6.45, 7) is 11.1. The Morgan fingerprint density at radius 3 is 2.26 bits per heavy atom. The van der Waals surface area contributed by atoms with E-state index in [9.17, 15) is 4.79 Å². The van der Waals surface area contributed by atoms with Crippen molar-refractivity contribution in [1.82, 2.24) is 15.3 Å². The monoisotopic (exact) mass is 264 g/mol. The van der Waals surface area contributed by atoms with Crippen molar-refractivity contribution in [2.75, 3.05) is 18.4 Å². The normalized spacial score (nSPS) is 10.6. The number of likely N-dealkylation sites (N-methyl/N-ethyl adjacent to an activating group) is 1. The first-order valence-corrected chi connectivity index (χ1v) is 6.78. The van der Waals surface area contributed by atoms with Crippen LogP contribution in [0.3, 0.4) is 0 Å². The van der Waals surface area contributed by atoms with E-state index in [4.69, 9.17) is 0 Å². The minimum absolute atomic E-state index is 0.0485. The van der Waals surface area contributed by atoms with Crippen LogP contribution in [-0.2, 0) is 11.2 Å². The Kier molecular flexibility index (Phi) is 5.73. The van der Waals surface area contributed by atoms with Crippen molar-refractivity contribution in [3.8, 4) is 0 Å². The maximum absolute atomic E-state index is 11.4. The van der Waals surface area contributed by atoms with Crippen molar-refractivity contribution in [2.24, 2.45) is 5.92 Å². The van der Waals surface area contributed by atoms with Gasteiger partial charge < -0.3 is 10.6 Å². The minimum Gasteiger partial charge on any atom is -0.355 e. The summed E-state index contributed by atoms with van der Waals surface area (Å²) in [7, 11) is 0. The second-order valence-electron chi connectivity index (χ2n) is 5.10. The molecule has 1 amide bonds. The summed E-state index contributed by atoms with van der Waals surface area (Å²) in [4.78, 5) is 20.2. The Bertz CT molecular complexity index is 420. The van der Waals surface area contributed by atoms with Gasteiger partial charge in [-0.2, -0.15) is 0 Å². The fourth-order valence-electron chi connectivity index (χ4n) is 1.94. The zero-order valence-electron chi connectivity index (χ0n) is 12.5. The molecule has 0 atom stereocenters. The van der Waals surface area contributed by atoms with Gasteiger partial charge in [0.1, 0.15) is 0 Å². The molecule has 0 aliphatic rings. The molecule has 0 fully saturated rings. The van der Waals surface area contributed by atoms with Gasteiger partial charge >= 0.3 is 0 Å². The van der Waals surface area contributed by atoms with Gasteiger partial charge in [0.05, 0.1) is 6.54 Å². The number of nitrogens with one attached hydrogen (secondary N) is 2. The highest BCUT2D eigenvalue weighted by molar-refractivity contribution is 5.80. The van der Waals surface area contributed by atoms with E-state index in [1.54, 1.807) is 0 Å². The van der Waals surface area contributed by atoms with Crippen molar-refractivity contribution in [1.29, 1.82) is 0 Å². The smallest absolute Gasteiger partial charge is 0.239 e. The van der Waals surface area contributed by atoms with E-state index in [2.05, 4.69) is 34.4 Å². The van der Waals surface area contributed by atoms with E-state index >= 15 is 0 Å². The van der Waals surface area contributed by atoms with Crippen LogP contribution in [0.2, 0.25) is 0 Å². The Balaban J connectivity index is 2.74. The predicted octanol–water partition coefficient (Wildman–Crippen LogP) is 1.84. The highest BCUT2D eigenvalue weighted by Gasteiger charge is 2.10. The summed E-state index contributed by atoms with van der Waals surface area (Å²) >= 11 is 0. The molecule has 2 N–H and O–H groups in total. The van der Waals surface area contributed by atoms with E-state index < -0.39 is 0 Å². The summed E-state index contributed by atoms with van der Waals surface area (Å²) in [5.74, 6) is 1.05. The molecule has 5 heteroatoms. The third kappa shape index (κ3) is 4.85. The van der Waals surface area contributed by atoms with Crippen LogP contribution in [0.5, 0.6) is 0 Å².